The molecule has 0 aliphatic heterocycles. The van der Waals surface area contributed by atoms with E-state index in [1.54, 1.807) is 6.92 Å². The lowest BCUT2D eigenvalue weighted by Gasteiger charge is -2.17. The topological polar surface area (TPSA) is 105 Å². The number of aromatic nitrogens is 1. The number of hydrogen-bond acceptors (Lipinski definition) is 5. The Morgan fingerprint density at radius 3 is 2.63 bits per heavy atom. The van der Waals surface area contributed by atoms with Crippen LogP contribution in [0.4, 0.5) is 11.5 Å². The highest BCUT2D eigenvalue weighted by Crippen LogP contribution is 2.19. The number of anilines is 1. The largest absolute Gasteiger partial charge is 0.481 e. The first-order valence-electron chi connectivity index (χ1n) is 5.90. The van der Waals surface area contributed by atoms with E-state index in [0.29, 0.717) is 11.4 Å². The molecule has 19 heavy (non-hydrogen) atoms. The zero-order chi connectivity index (χ0) is 14.6. The lowest BCUT2D eigenvalue weighted by Crippen LogP contribution is -2.27. The number of carboxylic acids is 1. The second kappa shape index (κ2) is 6.12. The zero-order valence-corrected chi connectivity index (χ0v) is 11.1. The van der Waals surface area contributed by atoms with Crippen LogP contribution in [0.15, 0.2) is 12.3 Å². The van der Waals surface area contributed by atoms with Gasteiger partial charge in [-0.15, -0.1) is 0 Å². The van der Waals surface area contributed by atoms with Gasteiger partial charge in [0.05, 0.1) is 10.8 Å². The van der Waals surface area contributed by atoms with Gasteiger partial charge >= 0.3 is 5.97 Å². The molecule has 1 rings (SSSR count). The van der Waals surface area contributed by atoms with Gasteiger partial charge in [-0.2, -0.15) is 0 Å². The fourth-order valence-electron chi connectivity index (χ4n) is 1.66. The molecule has 0 amide bonds. The Labute approximate surface area is 110 Å². The van der Waals surface area contributed by atoms with Crippen LogP contribution in [-0.4, -0.2) is 27.5 Å². The quantitative estimate of drug-likeness (QED) is 0.603. The second-order valence-electron chi connectivity index (χ2n) is 4.68. The van der Waals surface area contributed by atoms with Gasteiger partial charge < -0.3 is 10.4 Å². The van der Waals surface area contributed by atoms with Gasteiger partial charge in [-0.05, 0) is 18.9 Å². The first kappa shape index (κ1) is 14.9. The number of hydrogen-bond donors (Lipinski definition) is 2. The van der Waals surface area contributed by atoms with E-state index in [4.69, 9.17) is 5.11 Å². The molecule has 0 bridgehead atoms. The minimum atomic E-state index is -0.874. The fraction of sp³-hybridized carbons (Fsp3) is 0.500. The Morgan fingerprint density at radius 2 is 2.21 bits per heavy atom. The van der Waals surface area contributed by atoms with Crippen molar-refractivity contribution in [3.8, 4) is 0 Å². The molecule has 0 aliphatic rings. The molecular weight excluding hydrogens is 250 g/mol. The fourth-order valence-corrected chi connectivity index (χ4v) is 1.66. The van der Waals surface area contributed by atoms with Crippen LogP contribution in [-0.2, 0) is 4.79 Å². The summed E-state index contributed by atoms with van der Waals surface area (Å²) in [5.41, 5.74) is 0.433. The van der Waals surface area contributed by atoms with E-state index in [0.717, 1.165) is 0 Å². The van der Waals surface area contributed by atoms with Gasteiger partial charge in [-0.25, -0.2) is 4.98 Å². The number of nitro groups is 1. The van der Waals surface area contributed by atoms with Crippen LogP contribution in [0.5, 0.6) is 0 Å². The minimum absolute atomic E-state index is 0.0101. The molecule has 0 spiro atoms. The molecule has 0 fully saturated rings. The third kappa shape index (κ3) is 3.90. The molecule has 1 unspecified atom stereocenters. The van der Waals surface area contributed by atoms with Crippen LogP contribution in [0.1, 0.15) is 19.4 Å². The van der Waals surface area contributed by atoms with Crippen molar-refractivity contribution in [2.24, 2.45) is 11.8 Å². The molecule has 1 atom stereocenters. The normalized spacial score (nSPS) is 12.2. The van der Waals surface area contributed by atoms with Crippen LogP contribution in [0.25, 0.3) is 0 Å². The summed E-state index contributed by atoms with van der Waals surface area (Å²) >= 11 is 0. The molecule has 1 heterocycles. The third-order valence-electron chi connectivity index (χ3n) is 2.90. The summed E-state index contributed by atoms with van der Waals surface area (Å²) in [6, 6.07) is 1.54. The number of carboxylic acid groups (broad SMARTS) is 1. The highest BCUT2D eigenvalue weighted by atomic mass is 16.6. The first-order chi connectivity index (χ1) is 8.82. The summed E-state index contributed by atoms with van der Waals surface area (Å²) in [6.07, 6.45) is 1.17. The zero-order valence-electron chi connectivity index (χ0n) is 11.1. The Kier molecular flexibility index (Phi) is 4.80. The SMILES string of the molecule is Cc1cc(NCC(C(=O)O)C(C)C)ncc1[N+](=O)[O-]. The second-order valence-corrected chi connectivity index (χ2v) is 4.68. The first-order valence-corrected chi connectivity index (χ1v) is 5.90. The summed E-state index contributed by atoms with van der Waals surface area (Å²) in [4.78, 5) is 25.1. The molecule has 1 aromatic rings. The molecule has 0 radical (unpaired) electrons. The lowest BCUT2D eigenvalue weighted by atomic mass is 9.96. The molecule has 2 N–H and O–H groups in total. The summed E-state index contributed by atoms with van der Waals surface area (Å²) in [5, 5.41) is 22.6. The molecular formula is C12H17N3O4. The molecule has 7 nitrogen and oxygen atoms in total. The number of pyridine rings is 1. The van der Waals surface area contributed by atoms with Crippen molar-refractivity contribution in [2.75, 3.05) is 11.9 Å². The van der Waals surface area contributed by atoms with Crippen LogP contribution < -0.4 is 5.32 Å². The maximum Gasteiger partial charge on any atom is 0.308 e. The maximum absolute atomic E-state index is 11.0. The number of aliphatic carboxylic acids is 1. The van der Waals surface area contributed by atoms with E-state index >= 15 is 0 Å². The smallest absolute Gasteiger partial charge is 0.308 e. The number of rotatable bonds is 6. The predicted octanol–water partition coefficient (Wildman–Crippen LogP) is 2.07. The predicted molar refractivity (Wildman–Crippen MR) is 70.1 cm³/mol. The van der Waals surface area contributed by atoms with Gasteiger partial charge in [0.2, 0.25) is 0 Å². The van der Waals surface area contributed by atoms with Crippen molar-refractivity contribution in [3.05, 3.63) is 27.9 Å². The van der Waals surface area contributed by atoms with Crippen LogP contribution >= 0.6 is 0 Å². The molecule has 0 aromatic carbocycles. The van der Waals surface area contributed by atoms with E-state index in [2.05, 4.69) is 10.3 Å². The van der Waals surface area contributed by atoms with Crippen LogP contribution in [0.3, 0.4) is 0 Å². The van der Waals surface area contributed by atoms with Gasteiger partial charge in [0.25, 0.3) is 5.69 Å². The van der Waals surface area contributed by atoms with Crippen molar-refractivity contribution in [3.63, 3.8) is 0 Å². The molecule has 0 saturated carbocycles. The van der Waals surface area contributed by atoms with E-state index in [-0.39, 0.29) is 18.2 Å². The molecule has 7 heteroatoms. The van der Waals surface area contributed by atoms with Gasteiger partial charge in [0, 0.05) is 12.1 Å². The van der Waals surface area contributed by atoms with Crippen molar-refractivity contribution < 1.29 is 14.8 Å². The average Bonchev–Trinajstić information content (AvgIpc) is 2.27. The number of nitrogens with one attached hydrogen (secondary N) is 1. The van der Waals surface area contributed by atoms with Gasteiger partial charge in [0.15, 0.2) is 0 Å². The number of carbonyl (C=O) groups is 1. The van der Waals surface area contributed by atoms with E-state index < -0.39 is 16.8 Å². The van der Waals surface area contributed by atoms with Gasteiger partial charge in [-0.3, -0.25) is 14.9 Å². The molecule has 1 aromatic heterocycles. The Balaban J connectivity index is 2.76. The summed E-state index contributed by atoms with van der Waals surface area (Å²) < 4.78 is 0. The van der Waals surface area contributed by atoms with Crippen molar-refractivity contribution in [2.45, 2.75) is 20.8 Å². The van der Waals surface area contributed by atoms with Gasteiger partial charge in [0.1, 0.15) is 12.0 Å². The highest BCUT2D eigenvalue weighted by Gasteiger charge is 2.21. The molecule has 0 saturated heterocycles. The summed E-state index contributed by atoms with van der Waals surface area (Å²) in [7, 11) is 0. The van der Waals surface area contributed by atoms with E-state index in [1.807, 2.05) is 13.8 Å². The van der Waals surface area contributed by atoms with Gasteiger partial charge in [-0.1, -0.05) is 13.8 Å². The molecule has 104 valence electrons. The monoisotopic (exact) mass is 267 g/mol. The highest BCUT2D eigenvalue weighted by molar-refractivity contribution is 5.71. The summed E-state index contributed by atoms with van der Waals surface area (Å²) in [5.74, 6) is -0.974. The van der Waals surface area contributed by atoms with Crippen LogP contribution in [0, 0.1) is 28.9 Å². The van der Waals surface area contributed by atoms with E-state index in [1.165, 1.54) is 12.3 Å². The standard InChI is InChI=1S/C12H17N3O4/c1-7(2)9(12(16)17)5-13-11-4-8(3)10(6-14-11)15(18)19/h4,6-7,9H,5H2,1-3H3,(H,13,14)(H,16,17). The Hall–Kier alpha value is -2.18. The maximum atomic E-state index is 11.0. The van der Waals surface area contributed by atoms with Crippen LogP contribution in [0.2, 0.25) is 0 Å². The molecule has 0 aliphatic carbocycles. The Bertz CT molecular complexity index is 488. The number of aryl methyl sites for hydroxylation is 1. The van der Waals surface area contributed by atoms with Crippen molar-refractivity contribution in [1.82, 2.24) is 4.98 Å². The third-order valence-corrected chi connectivity index (χ3v) is 2.90. The minimum Gasteiger partial charge on any atom is -0.481 e. The van der Waals surface area contributed by atoms with Crippen molar-refractivity contribution in [1.29, 1.82) is 0 Å². The Morgan fingerprint density at radius 1 is 1.58 bits per heavy atom. The van der Waals surface area contributed by atoms with E-state index in [9.17, 15) is 14.9 Å². The average molecular weight is 267 g/mol. The summed E-state index contributed by atoms with van der Waals surface area (Å²) in [6.45, 7) is 5.50. The lowest BCUT2D eigenvalue weighted by molar-refractivity contribution is -0.385. The van der Waals surface area contributed by atoms with Crippen molar-refractivity contribution >= 4 is 17.5 Å². The number of nitrogens with zero attached hydrogens (tertiary/aromatic N) is 2.